The Kier molecular flexibility index (Phi) is 6.15. The molecule has 4 aromatic rings. The van der Waals surface area contributed by atoms with E-state index in [4.69, 9.17) is 9.15 Å². The summed E-state index contributed by atoms with van der Waals surface area (Å²) in [7, 11) is 3.80. The number of piperazine rings is 1. The highest BCUT2D eigenvalue weighted by Crippen LogP contribution is 2.29. The second kappa shape index (κ2) is 9.55. The van der Waals surface area contributed by atoms with Crippen LogP contribution in [0.25, 0.3) is 22.7 Å². The van der Waals surface area contributed by atoms with E-state index in [0.717, 1.165) is 18.8 Å². The van der Waals surface area contributed by atoms with Crippen LogP contribution in [-0.4, -0.2) is 67.0 Å². The molecule has 1 aliphatic heterocycles. The van der Waals surface area contributed by atoms with Gasteiger partial charge in [0.05, 0.1) is 5.56 Å². The number of oxazole rings is 1. The summed E-state index contributed by atoms with van der Waals surface area (Å²) in [5.41, 5.74) is 3.18. The Bertz CT molecular complexity index is 1360. The number of anilines is 1. The molecule has 2 aromatic carbocycles. The highest BCUT2D eigenvalue weighted by atomic mass is 16.5. The van der Waals surface area contributed by atoms with Crippen molar-refractivity contribution in [3.8, 4) is 17.2 Å². The highest BCUT2D eigenvalue weighted by molar-refractivity contribution is 5.97. The van der Waals surface area contributed by atoms with Crippen molar-refractivity contribution in [1.29, 1.82) is 0 Å². The number of rotatable bonds is 5. The fourth-order valence-corrected chi connectivity index (χ4v) is 3.92. The first kappa shape index (κ1) is 22.5. The predicted molar refractivity (Wildman–Crippen MR) is 132 cm³/mol. The molecule has 1 aliphatic rings. The second-order valence-electron chi connectivity index (χ2n) is 8.47. The third kappa shape index (κ3) is 4.85. The number of ether oxygens (including phenoxy) is 1. The van der Waals surface area contributed by atoms with E-state index in [1.807, 2.05) is 25.1 Å². The van der Waals surface area contributed by atoms with Crippen molar-refractivity contribution in [3.63, 3.8) is 0 Å². The van der Waals surface area contributed by atoms with Gasteiger partial charge in [-0.3, -0.25) is 4.79 Å². The van der Waals surface area contributed by atoms with Crippen molar-refractivity contribution in [1.82, 2.24) is 20.2 Å². The van der Waals surface area contributed by atoms with Crippen molar-refractivity contribution in [2.45, 2.75) is 0 Å². The first-order valence-electron chi connectivity index (χ1n) is 11.3. The number of aromatic nitrogens is 2. The number of hydrogen-bond acceptors (Lipinski definition) is 8. The molecular formula is C26H25N5O4. The molecular weight excluding hydrogens is 446 g/mol. The number of fused-ring (bicyclic) bond motifs is 1. The zero-order chi connectivity index (χ0) is 24.4. The molecule has 0 aliphatic carbocycles. The zero-order valence-corrected chi connectivity index (χ0v) is 19.5. The number of nitrogens with one attached hydrogen (secondary N) is 1. The van der Waals surface area contributed by atoms with Gasteiger partial charge in [0.1, 0.15) is 5.75 Å². The van der Waals surface area contributed by atoms with Crippen molar-refractivity contribution < 1.29 is 18.7 Å². The number of carbonyl (C=O) groups excluding carboxylic acids is 2. The maximum atomic E-state index is 13.3. The summed E-state index contributed by atoms with van der Waals surface area (Å²) >= 11 is 0. The number of esters is 1. The van der Waals surface area contributed by atoms with Crippen LogP contribution in [0.1, 0.15) is 20.7 Å². The molecule has 1 amide bonds. The lowest BCUT2D eigenvalue weighted by molar-refractivity contribution is 0.0717. The molecule has 1 saturated heterocycles. The molecule has 2 aromatic heterocycles. The van der Waals surface area contributed by atoms with Gasteiger partial charge in [-0.2, -0.15) is 4.98 Å². The van der Waals surface area contributed by atoms with Gasteiger partial charge in [-0.05, 0) is 48.5 Å². The smallest absolute Gasteiger partial charge is 0.343 e. The Labute approximate surface area is 202 Å². The van der Waals surface area contributed by atoms with E-state index in [9.17, 15) is 9.59 Å². The van der Waals surface area contributed by atoms with E-state index in [-0.39, 0.29) is 11.7 Å². The van der Waals surface area contributed by atoms with Gasteiger partial charge in [0, 0.05) is 63.3 Å². The Balaban J connectivity index is 1.51. The van der Waals surface area contributed by atoms with Gasteiger partial charge < -0.3 is 24.3 Å². The first-order valence-corrected chi connectivity index (χ1v) is 11.3. The van der Waals surface area contributed by atoms with Gasteiger partial charge in [0.15, 0.2) is 11.2 Å². The topological polar surface area (TPSA) is 101 Å². The van der Waals surface area contributed by atoms with Crippen LogP contribution in [-0.2, 0) is 0 Å². The van der Waals surface area contributed by atoms with Crippen molar-refractivity contribution in [2.75, 3.05) is 45.2 Å². The molecule has 0 spiro atoms. The van der Waals surface area contributed by atoms with Crippen LogP contribution in [0.5, 0.6) is 5.75 Å². The van der Waals surface area contributed by atoms with Crippen LogP contribution in [0.2, 0.25) is 0 Å². The SMILES string of the molecule is CN(C)c1cccc(C(=O)Oc2cc(C(=O)N3CCNCC3)cc(-c3nc4ncccc4o3)c2)c1. The lowest BCUT2D eigenvalue weighted by Crippen LogP contribution is -2.46. The van der Waals surface area contributed by atoms with Crippen molar-refractivity contribution >= 4 is 28.8 Å². The van der Waals surface area contributed by atoms with Crippen LogP contribution in [0.3, 0.4) is 0 Å². The molecule has 0 unspecified atom stereocenters. The van der Waals surface area contributed by atoms with E-state index < -0.39 is 5.97 Å². The molecule has 0 radical (unpaired) electrons. The van der Waals surface area contributed by atoms with Crippen molar-refractivity contribution in [3.05, 3.63) is 71.9 Å². The number of nitrogens with zero attached hydrogens (tertiary/aromatic N) is 4. The summed E-state index contributed by atoms with van der Waals surface area (Å²) in [6, 6.07) is 15.6. The van der Waals surface area contributed by atoms with E-state index in [2.05, 4.69) is 15.3 Å². The molecule has 1 N–H and O–H groups in total. The molecule has 35 heavy (non-hydrogen) atoms. The summed E-state index contributed by atoms with van der Waals surface area (Å²) in [5, 5.41) is 3.24. The van der Waals surface area contributed by atoms with Gasteiger partial charge in [-0.15, -0.1) is 0 Å². The third-order valence-corrected chi connectivity index (χ3v) is 5.78. The standard InChI is InChI=1S/C26H25N5O4/c1-30(2)20-6-3-5-17(14-20)26(33)34-21-15-18(24-29-23-22(35-24)7-4-8-28-23)13-19(16-21)25(32)31-11-9-27-10-12-31/h3-8,13-16,27H,9-12H2,1-2H3. The van der Waals surface area contributed by atoms with Crippen LogP contribution in [0.15, 0.2) is 65.2 Å². The zero-order valence-electron chi connectivity index (χ0n) is 19.5. The van der Waals surface area contributed by atoms with Gasteiger partial charge in [-0.1, -0.05) is 6.07 Å². The van der Waals surface area contributed by atoms with Crippen LogP contribution in [0.4, 0.5) is 5.69 Å². The maximum absolute atomic E-state index is 13.3. The Morgan fingerprint density at radius 3 is 2.63 bits per heavy atom. The monoisotopic (exact) mass is 471 g/mol. The predicted octanol–water partition coefficient (Wildman–Crippen LogP) is 3.22. The van der Waals surface area contributed by atoms with Crippen LogP contribution >= 0.6 is 0 Å². The fraction of sp³-hybridized carbons (Fsp3) is 0.231. The molecule has 9 heteroatoms. The lowest BCUT2D eigenvalue weighted by Gasteiger charge is -2.27. The van der Waals surface area contributed by atoms with Crippen LogP contribution < -0.4 is 15.0 Å². The largest absolute Gasteiger partial charge is 0.434 e. The molecule has 178 valence electrons. The average Bonchev–Trinajstić information content (AvgIpc) is 3.33. The minimum atomic E-state index is -0.523. The minimum absolute atomic E-state index is 0.144. The molecule has 5 rings (SSSR count). The minimum Gasteiger partial charge on any atom is -0.434 e. The average molecular weight is 472 g/mol. The highest BCUT2D eigenvalue weighted by Gasteiger charge is 2.22. The molecule has 0 saturated carbocycles. The van der Waals surface area contributed by atoms with Gasteiger partial charge in [0.2, 0.25) is 5.89 Å². The van der Waals surface area contributed by atoms with E-state index in [1.165, 1.54) is 0 Å². The molecule has 1 fully saturated rings. The Morgan fingerprint density at radius 2 is 1.86 bits per heavy atom. The quantitative estimate of drug-likeness (QED) is 0.350. The second-order valence-corrected chi connectivity index (χ2v) is 8.47. The number of benzene rings is 2. The van der Waals surface area contributed by atoms with Gasteiger partial charge >= 0.3 is 5.97 Å². The Hall–Kier alpha value is -4.24. The summed E-state index contributed by atoms with van der Waals surface area (Å²) in [4.78, 5) is 38.6. The first-order chi connectivity index (χ1) is 17.0. The number of amides is 1. The number of carbonyl (C=O) groups is 2. The van der Waals surface area contributed by atoms with Gasteiger partial charge in [-0.25, -0.2) is 9.78 Å². The number of hydrogen-bond donors (Lipinski definition) is 1. The normalized spacial score (nSPS) is 13.6. The maximum Gasteiger partial charge on any atom is 0.343 e. The molecule has 0 bridgehead atoms. The van der Waals surface area contributed by atoms with E-state index in [0.29, 0.717) is 46.9 Å². The third-order valence-electron chi connectivity index (χ3n) is 5.78. The van der Waals surface area contributed by atoms with Crippen LogP contribution in [0, 0.1) is 0 Å². The summed E-state index contributed by atoms with van der Waals surface area (Å²) < 4.78 is 11.6. The molecule has 3 heterocycles. The molecule has 9 nitrogen and oxygen atoms in total. The summed E-state index contributed by atoms with van der Waals surface area (Å²) in [5.74, 6) is -0.142. The Morgan fingerprint density at radius 1 is 1.03 bits per heavy atom. The van der Waals surface area contributed by atoms with Crippen molar-refractivity contribution in [2.24, 2.45) is 0 Å². The molecule has 0 atom stereocenters. The van der Waals surface area contributed by atoms with Gasteiger partial charge in [0.25, 0.3) is 5.91 Å². The van der Waals surface area contributed by atoms with E-state index >= 15 is 0 Å². The summed E-state index contributed by atoms with van der Waals surface area (Å²) in [6.45, 7) is 2.66. The lowest BCUT2D eigenvalue weighted by atomic mass is 10.1. The fourth-order valence-electron chi connectivity index (χ4n) is 3.92. The number of pyridine rings is 1. The summed E-state index contributed by atoms with van der Waals surface area (Å²) in [6.07, 6.45) is 1.63. The van der Waals surface area contributed by atoms with E-state index in [1.54, 1.807) is 59.6 Å².